The number of thioether (sulfide) groups is 1. The molecular formula is C12H17NO2S. The minimum Gasteiger partial charge on any atom is -0.480 e. The van der Waals surface area contributed by atoms with E-state index in [1.165, 1.54) is 11.8 Å². The van der Waals surface area contributed by atoms with Crippen LogP contribution in [-0.2, 0) is 4.79 Å². The van der Waals surface area contributed by atoms with Gasteiger partial charge in [-0.05, 0) is 25.0 Å². The number of carbonyl (C=O) groups is 1. The first-order valence-corrected chi connectivity index (χ1v) is 6.18. The lowest BCUT2D eigenvalue weighted by Crippen LogP contribution is -2.16. The molecule has 0 aliphatic rings. The minimum atomic E-state index is -0.771. The van der Waals surface area contributed by atoms with Crippen LogP contribution in [0.3, 0.4) is 0 Å². The summed E-state index contributed by atoms with van der Waals surface area (Å²) in [6.07, 6.45) is 1.52. The number of hydrogen-bond acceptors (Lipinski definition) is 3. The summed E-state index contributed by atoms with van der Waals surface area (Å²) in [6.45, 7) is 3.91. The normalized spacial score (nSPS) is 12.4. The van der Waals surface area contributed by atoms with E-state index in [0.717, 1.165) is 16.9 Å². The van der Waals surface area contributed by atoms with E-state index < -0.39 is 11.2 Å². The lowest BCUT2D eigenvalue weighted by atomic mass is 10.2. The van der Waals surface area contributed by atoms with Gasteiger partial charge in [0.05, 0.1) is 0 Å². The third-order valence-electron chi connectivity index (χ3n) is 2.38. The molecule has 0 aliphatic heterocycles. The van der Waals surface area contributed by atoms with Crippen molar-refractivity contribution >= 4 is 23.4 Å². The molecule has 1 unspecified atom stereocenters. The molecule has 0 spiro atoms. The second-order valence-electron chi connectivity index (χ2n) is 3.72. The van der Waals surface area contributed by atoms with Crippen molar-refractivity contribution < 1.29 is 9.90 Å². The van der Waals surface area contributed by atoms with E-state index in [2.05, 4.69) is 0 Å². The van der Waals surface area contributed by atoms with Crippen LogP contribution in [0.15, 0.2) is 23.1 Å². The Hall–Kier alpha value is -1.16. The van der Waals surface area contributed by atoms with Crippen LogP contribution in [0.25, 0.3) is 0 Å². The van der Waals surface area contributed by atoms with Crippen molar-refractivity contribution in [1.29, 1.82) is 0 Å². The number of aliphatic carboxylic acids is 1. The molecular weight excluding hydrogens is 222 g/mol. The summed E-state index contributed by atoms with van der Waals surface area (Å²) in [4.78, 5) is 11.9. The highest BCUT2D eigenvalue weighted by atomic mass is 32.2. The molecule has 1 aromatic carbocycles. The van der Waals surface area contributed by atoms with Crippen LogP contribution in [0.1, 0.15) is 25.3 Å². The van der Waals surface area contributed by atoms with Crippen LogP contribution < -0.4 is 5.73 Å². The standard InChI is InChI=1S/C12H17NO2S/c1-3-5-10(12(14)15)16-9-7-4-6-8(2)11(9)13/h4,6-7,10H,3,5,13H2,1-2H3,(H,14,15). The molecule has 16 heavy (non-hydrogen) atoms. The van der Waals surface area contributed by atoms with Crippen LogP contribution in [0.4, 0.5) is 5.69 Å². The SMILES string of the molecule is CCCC(Sc1cccc(C)c1N)C(=O)O. The maximum atomic E-state index is 11.0. The zero-order valence-corrected chi connectivity index (χ0v) is 10.4. The molecule has 0 bridgehead atoms. The second-order valence-corrected chi connectivity index (χ2v) is 4.96. The third-order valence-corrected chi connectivity index (χ3v) is 3.71. The molecule has 0 radical (unpaired) electrons. The second kappa shape index (κ2) is 5.80. The van der Waals surface area contributed by atoms with Gasteiger partial charge in [-0.1, -0.05) is 25.5 Å². The monoisotopic (exact) mass is 239 g/mol. The molecule has 88 valence electrons. The van der Waals surface area contributed by atoms with Gasteiger partial charge in [0.25, 0.3) is 0 Å². The van der Waals surface area contributed by atoms with Crippen molar-refractivity contribution in [2.24, 2.45) is 0 Å². The number of para-hydroxylation sites is 1. The third kappa shape index (κ3) is 3.17. The molecule has 1 atom stereocenters. The van der Waals surface area contributed by atoms with E-state index in [1.807, 2.05) is 32.0 Å². The molecule has 1 aromatic rings. The number of aryl methyl sites for hydroxylation is 1. The molecule has 1 rings (SSSR count). The fraction of sp³-hybridized carbons (Fsp3) is 0.417. The highest BCUT2D eigenvalue weighted by molar-refractivity contribution is 8.00. The van der Waals surface area contributed by atoms with Gasteiger partial charge in [-0.25, -0.2) is 0 Å². The number of rotatable bonds is 5. The fourth-order valence-corrected chi connectivity index (χ4v) is 2.61. The van der Waals surface area contributed by atoms with E-state index in [-0.39, 0.29) is 0 Å². The van der Waals surface area contributed by atoms with Crippen LogP contribution in [0.5, 0.6) is 0 Å². The summed E-state index contributed by atoms with van der Waals surface area (Å²) in [5.41, 5.74) is 7.59. The summed E-state index contributed by atoms with van der Waals surface area (Å²) >= 11 is 1.34. The summed E-state index contributed by atoms with van der Waals surface area (Å²) in [6, 6.07) is 5.70. The van der Waals surface area contributed by atoms with Gasteiger partial charge in [-0.3, -0.25) is 4.79 Å². The van der Waals surface area contributed by atoms with Crippen molar-refractivity contribution in [3.05, 3.63) is 23.8 Å². The van der Waals surface area contributed by atoms with Crippen molar-refractivity contribution in [3.8, 4) is 0 Å². The minimum absolute atomic E-state index is 0.408. The molecule has 0 aliphatic carbocycles. The quantitative estimate of drug-likeness (QED) is 0.612. The predicted molar refractivity (Wildman–Crippen MR) is 67.8 cm³/mol. The van der Waals surface area contributed by atoms with Crippen molar-refractivity contribution in [2.45, 2.75) is 36.8 Å². The van der Waals surface area contributed by atoms with Crippen LogP contribution in [0.2, 0.25) is 0 Å². The number of carboxylic acids is 1. The summed E-state index contributed by atoms with van der Waals surface area (Å²) in [5, 5.41) is 8.66. The van der Waals surface area contributed by atoms with E-state index in [9.17, 15) is 4.79 Å². The molecule has 4 heteroatoms. The Morgan fingerprint density at radius 2 is 2.25 bits per heavy atom. The molecule has 0 heterocycles. The topological polar surface area (TPSA) is 63.3 Å². The average Bonchev–Trinajstić information content (AvgIpc) is 2.23. The maximum absolute atomic E-state index is 11.0. The van der Waals surface area contributed by atoms with Crippen molar-refractivity contribution in [2.75, 3.05) is 5.73 Å². The van der Waals surface area contributed by atoms with Gasteiger partial charge in [0.15, 0.2) is 0 Å². The molecule has 0 saturated carbocycles. The van der Waals surface area contributed by atoms with Gasteiger partial charge in [-0.2, -0.15) is 0 Å². The Labute approximate surface area is 100 Å². The number of anilines is 1. The number of benzene rings is 1. The summed E-state index contributed by atoms with van der Waals surface area (Å²) < 4.78 is 0. The van der Waals surface area contributed by atoms with Gasteiger partial charge in [0.2, 0.25) is 0 Å². The van der Waals surface area contributed by atoms with Crippen LogP contribution in [-0.4, -0.2) is 16.3 Å². The molecule has 3 N–H and O–H groups in total. The number of nitrogen functional groups attached to an aromatic ring is 1. The highest BCUT2D eigenvalue weighted by Gasteiger charge is 2.19. The zero-order chi connectivity index (χ0) is 12.1. The van der Waals surface area contributed by atoms with E-state index >= 15 is 0 Å². The van der Waals surface area contributed by atoms with Gasteiger partial charge in [0.1, 0.15) is 5.25 Å². The fourth-order valence-electron chi connectivity index (χ4n) is 1.40. The van der Waals surface area contributed by atoms with Gasteiger partial charge in [0, 0.05) is 10.6 Å². The summed E-state index contributed by atoms with van der Waals surface area (Å²) in [7, 11) is 0. The molecule has 3 nitrogen and oxygen atoms in total. The molecule has 0 saturated heterocycles. The van der Waals surface area contributed by atoms with Gasteiger partial charge in [-0.15, -0.1) is 11.8 Å². The molecule has 0 amide bonds. The number of carboxylic acid groups (broad SMARTS) is 1. The highest BCUT2D eigenvalue weighted by Crippen LogP contribution is 2.32. The summed E-state index contributed by atoms with van der Waals surface area (Å²) in [5.74, 6) is -0.771. The van der Waals surface area contributed by atoms with Gasteiger partial charge >= 0.3 is 5.97 Å². The smallest absolute Gasteiger partial charge is 0.316 e. The predicted octanol–water partition coefficient (Wildman–Crippen LogP) is 2.92. The Bertz CT molecular complexity index is 379. The average molecular weight is 239 g/mol. The van der Waals surface area contributed by atoms with E-state index in [4.69, 9.17) is 10.8 Å². The first-order valence-electron chi connectivity index (χ1n) is 5.30. The van der Waals surface area contributed by atoms with Crippen molar-refractivity contribution in [3.63, 3.8) is 0 Å². The maximum Gasteiger partial charge on any atom is 0.316 e. The van der Waals surface area contributed by atoms with E-state index in [1.54, 1.807) is 0 Å². The van der Waals surface area contributed by atoms with Crippen molar-refractivity contribution in [1.82, 2.24) is 0 Å². The lowest BCUT2D eigenvalue weighted by Gasteiger charge is -2.13. The first-order chi connectivity index (χ1) is 7.56. The lowest BCUT2D eigenvalue weighted by molar-refractivity contribution is -0.136. The Morgan fingerprint density at radius 3 is 2.81 bits per heavy atom. The first kappa shape index (κ1) is 12.9. The zero-order valence-electron chi connectivity index (χ0n) is 9.56. The van der Waals surface area contributed by atoms with Gasteiger partial charge < -0.3 is 10.8 Å². The largest absolute Gasteiger partial charge is 0.480 e. The van der Waals surface area contributed by atoms with E-state index in [0.29, 0.717) is 12.1 Å². The number of nitrogens with two attached hydrogens (primary N) is 1. The van der Waals surface area contributed by atoms with Crippen LogP contribution >= 0.6 is 11.8 Å². The Balaban J connectivity index is 2.85. The Morgan fingerprint density at radius 1 is 1.56 bits per heavy atom. The molecule has 0 aromatic heterocycles. The Kier molecular flexibility index (Phi) is 4.68. The number of hydrogen-bond donors (Lipinski definition) is 2. The molecule has 0 fully saturated rings. The van der Waals surface area contributed by atoms with Crippen LogP contribution in [0, 0.1) is 6.92 Å².